The molecule has 0 saturated heterocycles. The van der Waals surface area contributed by atoms with Gasteiger partial charge in [0.25, 0.3) is 0 Å². The number of halogens is 3. The van der Waals surface area contributed by atoms with Crippen molar-refractivity contribution in [1.29, 1.82) is 0 Å². The number of nitrogens with zero attached hydrogens (tertiary/aromatic N) is 2. The first kappa shape index (κ1) is 13.8. The van der Waals surface area contributed by atoms with Gasteiger partial charge >= 0.3 is 0 Å². The highest BCUT2D eigenvalue weighted by Crippen LogP contribution is 2.27. The third kappa shape index (κ3) is 2.20. The molecule has 0 amide bonds. The first-order valence-corrected chi connectivity index (χ1v) is 7.71. The highest BCUT2D eigenvalue weighted by atomic mass is 127. The molecule has 2 aromatic carbocycles. The van der Waals surface area contributed by atoms with Gasteiger partial charge in [-0.15, -0.1) is 11.6 Å². The van der Waals surface area contributed by atoms with Gasteiger partial charge in [-0.2, -0.15) is 0 Å². The summed E-state index contributed by atoms with van der Waals surface area (Å²) in [5.41, 5.74) is 3.92. The zero-order valence-corrected chi connectivity index (χ0v) is 13.6. The highest BCUT2D eigenvalue weighted by molar-refractivity contribution is 14.1. The molecule has 0 bridgehead atoms. The van der Waals surface area contributed by atoms with E-state index >= 15 is 0 Å². The Bertz CT molecular complexity index is 798. The Labute approximate surface area is 134 Å². The summed E-state index contributed by atoms with van der Waals surface area (Å²) in [6.07, 6.45) is 0. The second kappa shape index (κ2) is 5.33. The molecule has 5 heteroatoms. The van der Waals surface area contributed by atoms with Crippen LogP contribution in [0.25, 0.3) is 16.7 Å². The number of rotatable bonds is 2. The molecule has 3 rings (SSSR count). The first-order valence-electron chi connectivity index (χ1n) is 6.10. The van der Waals surface area contributed by atoms with Crippen LogP contribution in [0.2, 0.25) is 0 Å². The Morgan fingerprint density at radius 1 is 1.30 bits per heavy atom. The second-order valence-electron chi connectivity index (χ2n) is 4.54. The molecule has 20 heavy (non-hydrogen) atoms. The van der Waals surface area contributed by atoms with Crippen LogP contribution in [0.3, 0.4) is 0 Å². The molecular weight excluding hydrogens is 390 g/mol. The zero-order chi connectivity index (χ0) is 14.3. The summed E-state index contributed by atoms with van der Waals surface area (Å²) < 4.78 is 16.1. The van der Waals surface area contributed by atoms with E-state index in [2.05, 4.69) is 27.6 Å². The number of hydrogen-bond acceptors (Lipinski definition) is 1. The van der Waals surface area contributed by atoms with E-state index in [-0.39, 0.29) is 5.82 Å². The molecule has 0 atom stereocenters. The van der Waals surface area contributed by atoms with E-state index in [1.54, 1.807) is 6.07 Å². The minimum Gasteiger partial charge on any atom is -0.294 e. The minimum atomic E-state index is -0.244. The molecule has 0 spiro atoms. The number of hydrogen-bond donors (Lipinski definition) is 0. The molecule has 0 fully saturated rings. The van der Waals surface area contributed by atoms with Gasteiger partial charge in [-0.3, -0.25) is 4.57 Å². The van der Waals surface area contributed by atoms with Crippen LogP contribution in [0.5, 0.6) is 0 Å². The molecule has 0 saturated carbocycles. The smallest absolute Gasteiger partial charge is 0.129 e. The molecule has 1 aromatic heterocycles. The van der Waals surface area contributed by atoms with Crippen molar-refractivity contribution >= 4 is 45.2 Å². The van der Waals surface area contributed by atoms with E-state index in [0.717, 1.165) is 31.7 Å². The first-order chi connectivity index (χ1) is 9.61. The fourth-order valence-corrected chi connectivity index (χ4v) is 3.21. The molecule has 0 aliphatic rings. The van der Waals surface area contributed by atoms with E-state index in [0.29, 0.717) is 5.88 Å². The maximum atomic E-state index is 13.3. The van der Waals surface area contributed by atoms with E-state index in [1.165, 1.54) is 12.1 Å². The fraction of sp³-hybridized carbons (Fsp3) is 0.133. The van der Waals surface area contributed by atoms with Crippen LogP contribution in [0, 0.1) is 16.3 Å². The Hall–Kier alpha value is -1.14. The number of aryl methyl sites for hydroxylation is 1. The standard InChI is InChI=1S/C15H11ClFIN2/c1-9-3-2-4-13-15(9)19-14(8-16)20(13)12-6-5-10(17)7-11(12)18/h2-7H,8H2,1H3. The lowest BCUT2D eigenvalue weighted by Crippen LogP contribution is -2.01. The van der Waals surface area contributed by atoms with Crippen molar-refractivity contribution in [2.24, 2.45) is 0 Å². The molecule has 2 nitrogen and oxygen atoms in total. The van der Waals surface area contributed by atoms with Gasteiger partial charge in [-0.05, 0) is 59.3 Å². The van der Waals surface area contributed by atoms with Crippen LogP contribution in [-0.2, 0) is 5.88 Å². The molecule has 0 N–H and O–H groups in total. The van der Waals surface area contributed by atoms with Gasteiger partial charge in [-0.1, -0.05) is 12.1 Å². The van der Waals surface area contributed by atoms with Crippen LogP contribution >= 0.6 is 34.2 Å². The van der Waals surface area contributed by atoms with Crippen molar-refractivity contribution in [1.82, 2.24) is 9.55 Å². The third-order valence-corrected chi connectivity index (χ3v) is 4.33. The topological polar surface area (TPSA) is 17.8 Å². The van der Waals surface area contributed by atoms with E-state index < -0.39 is 0 Å². The summed E-state index contributed by atoms with van der Waals surface area (Å²) in [6.45, 7) is 2.02. The average molecular weight is 401 g/mol. The van der Waals surface area contributed by atoms with Crippen molar-refractivity contribution in [3.05, 3.63) is 57.2 Å². The molecule has 0 radical (unpaired) electrons. The second-order valence-corrected chi connectivity index (χ2v) is 5.96. The van der Waals surface area contributed by atoms with Gasteiger partial charge in [0, 0.05) is 3.57 Å². The normalized spacial score (nSPS) is 11.2. The van der Waals surface area contributed by atoms with E-state index in [9.17, 15) is 4.39 Å². The Morgan fingerprint density at radius 2 is 2.10 bits per heavy atom. The Kier molecular flexibility index (Phi) is 3.69. The van der Waals surface area contributed by atoms with Gasteiger partial charge in [0.15, 0.2) is 0 Å². The van der Waals surface area contributed by atoms with Crippen molar-refractivity contribution in [2.45, 2.75) is 12.8 Å². The number of imidazole rings is 1. The van der Waals surface area contributed by atoms with Crippen molar-refractivity contribution in [2.75, 3.05) is 0 Å². The SMILES string of the molecule is Cc1cccc2c1nc(CCl)n2-c1ccc(F)cc1I. The lowest BCUT2D eigenvalue weighted by Gasteiger charge is -2.10. The summed E-state index contributed by atoms with van der Waals surface area (Å²) in [5, 5.41) is 0. The monoisotopic (exact) mass is 400 g/mol. The lowest BCUT2D eigenvalue weighted by molar-refractivity contribution is 0.626. The lowest BCUT2D eigenvalue weighted by atomic mass is 10.2. The van der Waals surface area contributed by atoms with Crippen LogP contribution in [-0.4, -0.2) is 9.55 Å². The summed E-state index contributed by atoms with van der Waals surface area (Å²) >= 11 is 8.16. The summed E-state index contributed by atoms with van der Waals surface area (Å²) in [6, 6.07) is 10.7. The largest absolute Gasteiger partial charge is 0.294 e. The van der Waals surface area contributed by atoms with Crippen LogP contribution in [0.4, 0.5) is 4.39 Å². The van der Waals surface area contributed by atoms with Crippen molar-refractivity contribution in [3.8, 4) is 5.69 Å². The Balaban J connectivity index is 2.37. The summed E-state index contributed by atoms with van der Waals surface area (Å²) in [4.78, 5) is 4.60. The van der Waals surface area contributed by atoms with Gasteiger partial charge in [0.05, 0.1) is 22.6 Å². The van der Waals surface area contributed by atoms with Gasteiger partial charge in [0.1, 0.15) is 11.6 Å². The molecule has 3 aromatic rings. The van der Waals surface area contributed by atoms with Crippen LogP contribution in [0.1, 0.15) is 11.4 Å². The molecule has 1 heterocycles. The minimum absolute atomic E-state index is 0.244. The van der Waals surface area contributed by atoms with Gasteiger partial charge < -0.3 is 0 Å². The van der Waals surface area contributed by atoms with Crippen molar-refractivity contribution < 1.29 is 4.39 Å². The molecular formula is C15H11ClFIN2. The number of alkyl halides is 1. The highest BCUT2D eigenvalue weighted by Gasteiger charge is 2.15. The maximum Gasteiger partial charge on any atom is 0.129 e. The van der Waals surface area contributed by atoms with E-state index in [1.807, 2.05) is 29.7 Å². The predicted octanol–water partition coefficient (Wildman–Crippen LogP) is 4.82. The maximum absolute atomic E-state index is 13.3. The molecule has 0 aliphatic heterocycles. The zero-order valence-electron chi connectivity index (χ0n) is 10.7. The summed E-state index contributed by atoms with van der Waals surface area (Å²) in [7, 11) is 0. The van der Waals surface area contributed by atoms with E-state index in [4.69, 9.17) is 11.6 Å². The Morgan fingerprint density at radius 3 is 2.80 bits per heavy atom. The number of benzene rings is 2. The van der Waals surface area contributed by atoms with Crippen molar-refractivity contribution in [3.63, 3.8) is 0 Å². The predicted molar refractivity (Wildman–Crippen MR) is 88.0 cm³/mol. The molecule has 0 aliphatic carbocycles. The molecule has 102 valence electrons. The van der Waals surface area contributed by atoms with Crippen LogP contribution in [0.15, 0.2) is 36.4 Å². The fourth-order valence-electron chi connectivity index (χ4n) is 2.31. The number of aromatic nitrogens is 2. The van der Waals surface area contributed by atoms with Crippen LogP contribution < -0.4 is 0 Å². The molecule has 0 unspecified atom stereocenters. The number of para-hydroxylation sites is 1. The van der Waals surface area contributed by atoms with Gasteiger partial charge in [-0.25, -0.2) is 9.37 Å². The average Bonchev–Trinajstić information content (AvgIpc) is 2.79. The quantitative estimate of drug-likeness (QED) is 0.446. The third-order valence-electron chi connectivity index (χ3n) is 3.23. The number of fused-ring (bicyclic) bond motifs is 1. The van der Waals surface area contributed by atoms with Gasteiger partial charge in [0.2, 0.25) is 0 Å². The summed E-state index contributed by atoms with van der Waals surface area (Å²) in [5.74, 6) is 0.827.